The highest BCUT2D eigenvalue weighted by Gasteiger charge is 2.49. The van der Waals surface area contributed by atoms with Gasteiger partial charge in [0.15, 0.2) is 0 Å². The third kappa shape index (κ3) is 3.66. The Labute approximate surface area is 148 Å². The van der Waals surface area contributed by atoms with E-state index >= 15 is 0 Å². The lowest BCUT2D eigenvalue weighted by molar-refractivity contribution is -0.141. The van der Waals surface area contributed by atoms with Crippen molar-refractivity contribution in [1.29, 1.82) is 0 Å². The van der Waals surface area contributed by atoms with E-state index in [0.717, 1.165) is 49.2 Å². The van der Waals surface area contributed by atoms with Crippen molar-refractivity contribution in [2.24, 2.45) is 5.73 Å². The number of para-hydroxylation sites is 1. The first-order chi connectivity index (χ1) is 12.2. The van der Waals surface area contributed by atoms with Gasteiger partial charge in [0.05, 0.1) is 7.11 Å². The highest BCUT2D eigenvalue weighted by Crippen LogP contribution is 2.37. The molecule has 5 heteroatoms. The van der Waals surface area contributed by atoms with Gasteiger partial charge in [-0.25, -0.2) is 0 Å². The minimum Gasteiger partial charge on any atom is -0.496 e. The van der Waals surface area contributed by atoms with Crippen LogP contribution in [0.15, 0.2) is 48.7 Å². The number of carbonyl (C=O) groups is 1. The van der Waals surface area contributed by atoms with Crippen molar-refractivity contribution < 1.29 is 9.53 Å². The number of likely N-dealkylation sites (tertiary alicyclic amines) is 1. The highest BCUT2D eigenvalue weighted by atomic mass is 16.5. The van der Waals surface area contributed by atoms with Gasteiger partial charge in [-0.1, -0.05) is 24.3 Å². The molecule has 1 atom stereocenters. The number of methoxy groups -OCH3 is 1. The molecule has 0 spiro atoms. The molecule has 2 N–H and O–H groups in total. The molecule has 3 rings (SSSR count). The van der Waals surface area contributed by atoms with Crippen LogP contribution >= 0.6 is 0 Å². The number of rotatable bonds is 8. The molecular formula is C20H25N3O2. The molecule has 1 saturated heterocycles. The third-order valence-corrected chi connectivity index (χ3v) is 5.16. The van der Waals surface area contributed by atoms with Gasteiger partial charge in [0.2, 0.25) is 5.91 Å². The average molecular weight is 339 g/mol. The minimum absolute atomic E-state index is 0.227. The predicted molar refractivity (Wildman–Crippen MR) is 97.1 cm³/mol. The molecule has 0 saturated carbocycles. The number of ether oxygens (including phenoxy) is 1. The van der Waals surface area contributed by atoms with E-state index in [9.17, 15) is 4.79 Å². The summed E-state index contributed by atoms with van der Waals surface area (Å²) in [4.78, 5) is 18.8. The molecule has 0 aliphatic carbocycles. The van der Waals surface area contributed by atoms with Crippen LogP contribution in [0.5, 0.6) is 5.75 Å². The Hall–Kier alpha value is -2.40. The van der Waals surface area contributed by atoms with Gasteiger partial charge in [-0.3, -0.25) is 14.7 Å². The first kappa shape index (κ1) is 17.4. The minimum atomic E-state index is -0.546. The number of benzene rings is 1. The molecule has 0 bridgehead atoms. The molecule has 25 heavy (non-hydrogen) atoms. The smallest absolute Gasteiger partial charge is 0.238 e. The molecule has 0 radical (unpaired) electrons. The van der Waals surface area contributed by atoms with Crippen LogP contribution in [0.25, 0.3) is 0 Å². The number of aryl methyl sites for hydroxylation is 1. The summed E-state index contributed by atoms with van der Waals surface area (Å²) < 4.78 is 5.43. The van der Waals surface area contributed by atoms with Gasteiger partial charge in [-0.05, 0) is 43.9 Å². The maximum atomic E-state index is 12.2. The molecule has 0 unspecified atom stereocenters. The first-order valence-corrected chi connectivity index (χ1v) is 8.72. The van der Waals surface area contributed by atoms with Crippen LogP contribution < -0.4 is 10.5 Å². The van der Waals surface area contributed by atoms with Crippen molar-refractivity contribution in [3.8, 4) is 5.75 Å². The maximum absolute atomic E-state index is 12.2. The molecule has 1 amide bonds. The van der Waals surface area contributed by atoms with Crippen LogP contribution in [0.1, 0.15) is 30.5 Å². The quantitative estimate of drug-likeness (QED) is 0.802. The zero-order valence-electron chi connectivity index (χ0n) is 14.6. The summed E-state index contributed by atoms with van der Waals surface area (Å²) in [5.41, 5.74) is 7.39. The summed E-state index contributed by atoms with van der Waals surface area (Å²) in [6.45, 7) is 1.56. The average Bonchev–Trinajstić information content (AvgIpc) is 2.63. The van der Waals surface area contributed by atoms with Crippen molar-refractivity contribution in [1.82, 2.24) is 9.88 Å². The highest BCUT2D eigenvalue weighted by molar-refractivity contribution is 5.85. The Bertz CT molecular complexity index is 720. The van der Waals surface area contributed by atoms with Crippen LogP contribution in [-0.2, 0) is 17.8 Å². The molecule has 1 aromatic carbocycles. The van der Waals surface area contributed by atoms with E-state index in [0.29, 0.717) is 6.54 Å². The number of primary amides is 1. The van der Waals surface area contributed by atoms with Gasteiger partial charge in [0.25, 0.3) is 0 Å². The van der Waals surface area contributed by atoms with E-state index in [4.69, 9.17) is 10.5 Å². The van der Waals surface area contributed by atoms with Gasteiger partial charge in [0, 0.05) is 30.5 Å². The van der Waals surface area contributed by atoms with Crippen LogP contribution in [0.2, 0.25) is 0 Å². The molecule has 5 nitrogen and oxygen atoms in total. The first-order valence-electron chi connectivity index (χ1n) is 8.72. The van der Waals surface area contributed by atoms with Crippen molar-refractivity contribution in [2.75, 3.05) is 13.7 Å². The van der Waals surface area contributed by atoms with Crippen molar-refractivity contribution in [3.05, 3.63) is 59.9 Å². The SMILES string of the molecule is COc1ccccc1CN1CC[C@@]1(CCCc1ccccn1)C(N)=O. The zero-order chi connectivity index (χ0) is 17.7. The lowest BCUT2D eigenvalue weighted by Gasteiger charge is -2.51. The summed E-state index contributed by atoms with van der Waals surface area (Å²) in [6.07, 6.45) is 5.13. The van der Waals surface area contributed by atoms with Gasteiger partial charge in [-0.2, -0.15) is 0 Å². The van der Waals surface area contributed by atoms with E-state index in [1.807, 2.05) is 42.5 Å². The van der Waals surface area contributed by atoms with E-state index in [-0.39, 0.29) is 5.91 Å². The summed E-state index contributed by atoms with van der Waals surface area (Å²) in [5.74, 6) is 0.621. The second kappa shape index (κ2) is 7.66. The second-order valence-electron chi connectivity index (χ2n) is 6.55. The largest absolute Gasteiger partial charge is 0.496 e. The lowest BCUT2D eigenvalue weighted by Crippen LogP contribution is -2.66. The van der Waals surface area contributed by atoms with Crippen LogP contribution in [0.4, 0.5) is 0 Å². The Morgan fingerprint density at radius 2 is 2.08 bits per heavy atom. The molecular weight excluding hydrogens is 314 g/mol. The fourth-order valence-electron chi connectivity index (χ4n) is 3.60. The Balaban J connectivity index is 1.66. The predicted octanol–water partition coefficient (Wildman–Crippen LogP) is 2.54. The number of hydrogen-bond donors (Lipinski definition) is 1. The van der Waals surface area contributed by atoms with Crippen LogP contribution in [0.3, 0.4) is 0 Å². The topological polar surface area (TPSA) is 68.4 Å². The Morgan fingerprint density at radius 3 is 2.72 bits per heavy atom. The van der Waals surface area contributed by atoms with Crippen molar-refractivity contribution >= 4 is 5.91 Å². The van der Waals surface area contributed by atoms with Crippen molar-refractivity contribution in [2.45, 2.75) is 37.8 Å². The van der Waals surface area contributed by atoms with Gasteiger partial charge in [-0.15, -0.1) is 0 Å². The molecule has 2 heterocycles. The summed E-state index contributed by atoms with van der Waals surface area (Å²) >= 11 is 0. The molecule has 2 aromatic rings. The molecule has 1 aliphatic rings. The van der Waals surface area contributed by atoms with Crippen molar-refractivity contribution in [3.63, 3.8) is 0 Å². The number of pyridine rings is 1. The fourth-order valence-corrected chi connectivity index (χ4v) is 3.60. The van der Waals surface area contributed by atoms with E-state index in [2.05, 4.69) is 9.88 Å². The molecule has 1 aromatic heterocycles. The van der Waals surface area contributed by atoms with E-state index in [1.165, 1.54) is 0 Å². The van der Waals surface area contributed by atoms with E-state index in [1.54, 1.807) is 13.3 Å². The second-order valence-corrected chi connectivity index (χ2v) is 6.55. The summed E-state index contributed by atoms with van der Waals surface area (Å²) in [6, 6.07) is 13.8. The van der Waals surface area contributed by atoms with Crippen LogP contribution in [-0.4, -0.2) is 35.0 Å². The van der Waals surface area contributed by atoms with E-state index < -0.39 is 5.54 Å². The summed E-state index contributed by atoms with van der Waals surface area (Å²) in [5, 5.41) is 0. The number of nitrogens with two attached hydrogens (primary N) is 1. The maximum Gasteiger partial charge on any atom is 0.238 e. The van der Waals surface area contributed by atoms with Crippen LogP contribution in [0, 0.1) is 0 Å². The molecule has 132 valence electrons. The number of hydrogen-bond acceptors (Lipinski definition) is 4. The number of aromatic nitrogens is 1. The number of nitrogens with zero attached hydrogens (tertiary/aromatic N) is 2. The normalized spacial score (nSPS) is 20.0. The fraction of sp³-hybridized carbons (Fsp3) is 0.400. The summed E-state index contributed by atoms with van der Waals surface area (Å²) in [7, 11) is 1.67. The number of amides is 1. The van der Waals surface area contributed by atoms with Gasteiger partial charge < -0.3 is 10.5 Å². The monoisotopic (exact) mass is 339 g/mol. The standard InChI is InChI=1S/C20H25N3O2/c1-25-18-10-3-2-7-16(18)15-23-14-12-20(23,19(21)24)11-6-9-17-8-4-5-13-22-17/h2-5,7-8,10,13H,6,9,11-12,14-15H2,1H3,(H2,21,24)/t20-/m0/s1. The molecule has 1 fully saturated rings. The Morgan fingerprint density at radius 1 is 1.28 bits per heavy atom. The lowest BCUT2D eigenvalue weighted by atomic mass is 9.78. The van der Waals surface area contributed by atoms with Gasteiger partial charge >= 0.3 is 0 Å². The number of carbonyl (C=O) groups excluding carboxylic acids is 1. The zero-order valence-corrected chi connectivity index (χ0v) is 14.6. The Kier molecular flexibility index (Phi) is 5.34. The third-order valence-electron chi connectivity index (χ3n) is 5.16. The molecule has 1 aliphatic heterocycles. The van der Waals surface area contributed by atoms with Gasteiger partial charge in [0.1, 0.15) is 11.3 Å².